The molecule has 0 saturated heterocycles. The second kappa shape index (κ2) is 12.6. The molecule has 0 aliphatic rings. The zero-order chi connectivity index (χ0) is 23.4. The summed E-state index contributed by atoms with van der Waals surface area (Å²) < 4.78 is 9.33. The summed E-state index contributed by atoms with van der Waals surface area (Å²) in [7, 11) is 0. The van der Waals surface area contributed by atoms with E-state index in [1.54, 1.807) is 54.6 Å². The maximum atomic E-state index is 12.5. The number of carbonyl (C=O) groups excluding carboxylic acids is 1. The average molecular weight is 469 g/mol. The monoisotopic (exact) mass is 468 g/mol. The standard InChI is InChI=1S/C23H20N2O5S2/c1-2-13-29-17-23(16-24,32-22(31)19-11-7-4-8-12-19)14-20(25(27)28)21(26)30-15-18-9-5-3-6-10-18/h1,3-12,20H,13-15,17H2. The maximum absolute atomic E-state index is 12.5. The van der Waals surface area contributed by atoms with Crippen molar-refractivity contribution in [3.8, 4) is 18.4 Å². The van der Waals surface area contributed by atoms with Crippen LogP contribution in [0, 0.1) is 33.8 Å². The predicted octanol–water partition coefficient (Wildman–Crippen LogP) is 3.79. The van der Waals surface area contributed by atoms with Crippen molar-refractivity contribution < 1.29 is 19.2 Å². The van der Waals surface area contributed by atoms with E-state index in [1.165, 1.54) is 0 Å². The second-order valence-electron chi connectivity index (χ2n) is 6.66. The summed E-state index contributed by atoms with van der Waals surface area (Å²) in [6.45, 7) is -0.460. The lowest BCUT2D eigenvalue weighted by Gasteiger charge is -2.26. The number of benzene rings is 2. The minimum atomic E-state index is -1.78. The fourth-order valence-electron chi connectivity index (χ4n) is 2.70. The lowest BCUT2D eigenvalue weighted by Crippen LogP contribution is -2.42. The minimum absolute atomic E-state index is 0.0936. The van der Waals surface area contributed by atoms with Crippen LogP contribution < -0.4 is 0 Å². The van der Waals surface area contributed by atoms with Crippen molar-refractivity contribution in [1.82, 2.24) is 0 Å². The third-order valence-electron chi connectivity index (χ3n) is 4.30. The number of nitro groups is 1. The van der Waals surface area contributed by atoms with E-state index >= 15 is 0 Å². The smallest absolute Gasteiger partial charge is 0.382 e. The first-order valence-corrected chi connectivity index (χ1v) is 10.7. The predicted molar refractivity (Wildman–Crippen MR) is 125 cm³/mol. The molecule has 0 radical (unpaired) electrons. The zero-order valence-electron chi connectivity index (χ0n) is 17.0. The molecule has 164 valence electrons. The number of thioether (sulfide) groups is 1. The van der Waals surface area contributed by atoms with E-state index in [-0.39, 0.29) is 19.8 Å². The van der Waals surface area contributed by atoms with Crippen LogP contribution in [0.5, 0.6) is 0 Å². The van der Waals surface area contributed by atoms with Gasteiger partial charge < -0.3 is 9.47 Å². The molecule has 2 unspecified atom stereocenters. The SMILES string of the molecule is C#CCOCC(C#N)(CC(C(=O)OCc1ccccc1)[N+](=O)[O-])SC(=S)c1ccccc1. The summed E-state index contributed by atoms with van der Waals surface area (Å²) in [6, 6.07) is 18.0. The highest BCUT2D eigenvalue weighted by Crippen LogP contribution is 2.35. The number of ether oxygens (including phenoxy) is 2. The van der Waals surface area contributed by atoms with Crippen molar-refractivity contribution in [1.29, 1.82) is 5.26 Å². The fraction of sp³-hybridized carbons (Fsp3) is 0.261. The number of terminal acetylenes is 1. The highest BCUT2D eigenvalue weighted by molar-refractivity contribution is 8.24. The van der Waals surface area contributed by atoms with Gasteiger partial charge >= 0.3 is 12.0 Å². The molecular weight excluding hydrogens is 448 g/mol. The molecule has 0 saturated carbocycles. The summed E-state index contributed by atoms with van der Waals surface area (Å²) in [4.78, 5) is 23.5. The first-order chi connectivity index (χ1) is 15.4. The summed E-state index contributed by atoms with van der Waals surface area (Å²) >= 11 is 6.38. The number of carbonyl (C=O) groups is 1. The van der Waals surface area contributed by atoms with E-state index in [1.807, 2.05) is 6.07 Å². The van der Waals surface area contributed by atoms with Crippen molar-refractivity contribution in [3.63, 3.8) is 0 Å². The Bertz CT molecular complexity index is 1020. The van der Waals surface area contributed by atoms with Gasteiger partial charge in [0, 0.05) is 4.92 Å². The molecule has 0 amide bonds. The molecule has 2 aromatic carbocycles. The second-order valence-corrected chi connectivity index (χ2v) is 8.72. The highest BCUT2D eigenvalue weighted by Gasteiger charge is 2.45. The molecule has 32 heavy (non-hydrogen) atoms. The van der Waals surface area contributed by atoms with Gasteiger partial charge in [0.1, 0.15) is 18.0 Å². The van der Waals surface area contributed by atoms with Crippen molar-refractivity contribution in [3.05, 3.63) is 81.9 Å². The van der Waals surface area contributed by atoms with Crippen molar-refractivity contribution in [2.75, 3.05) is 13.2 Å². The van der Waals surface area contributed by atoms with Gasteiger partial charge in [0.25, 0.3) is 0 Å². The summed E-state index contributed by atoms with van der Waals surface area (Å²) in [5, 5.41) is 21.7. The van der Waals surface area contributed by atoms with E-state index in [2.05, 4.69) is 12.0 Å². The third-order valence-corrected chi connectivity index (χ3v) is 5.97. The molecule has 9 heteroatoms. The van der Waals surface area contributed by atoms with E-state index in [9.17, 15) is 20.2 Å². The Balaban J connectivity index is 2.22. The van der Waals surface area contributed by atoms with E-state index in [0.29, 0.717) is 15.3 Å². The van der Waals surface area contributed by atoms with Gasteiger partial charge in [-0.3, -0.25) is 10.1 Å². The molecule has 0 fully saturated rings. The van der Waals surface area contributed by atoms with Crippen molar-refractivity contribution >= 4 is 34.1 Å². The Labute approximate surface area is 195 Å². The van der Waals surface area contributed by atoms with Crippen LogP contribution in [0.1, 0.15) is 17.5 Å². The zero-order valence-corrected chi connectivity index (χ0v) is 18.6. The summed E-state index contributed by atoms with van der Waals surface area (Å²) in [5.41, 5.74) is 1.36. The van der Waals surface area contributed by atoms with Gasteiger partial charge in [-0.15, -0.1) is 6.42 Å². The summed E-state index contributed by atoms with van der Waals surface area (Å²) in [6.07, 6.45) is 4.75. The molecule has 2 atom stereocenters. The van der Waals surface area contributed by atoms with Gasteiger partial charge in [0.2, 0.25) is 0 Å². The Kier molecular flexibility index (Phi) is 9.83. The van der Waals surface area contributed by atoms with Gasteiger partial charge in [-0.25, -0.2) is 4.79 Å². The van der Waals surface area contributed by atoms with Crippen LogP contribution in [0.2, 0.25) is 0 Å². The molecule has 0 bridgehead atoms. The van der Waals surface area contributed by atoms with Crippen LogP contribution in [-0.2, 0) is 20.9 Å². The molecule has 0 N–H and O–H groups in total. The lowest BCUT2D eigenvalue weighted by molar-refractivity contribution is -0.512. The number of hydrogen-bond acceptors (Lipinski definition) is 8. The molecule has 0 spiro atoms. The Morgan fingerprint density at radius 2 is 1.84 bits per heavy atom. The number of thiocarbonyl (C=S) groups is 1. The molecule has 0 aromatic heterocycles. The number of nitrogens with zero attached hydrogens (tertiary/aromatic N) is 2. The topological polar surface area (TPSA) is 102 Å². The van der Waals surface area contributed by atoms with Crippen LogP contribution in [0.25, 0.3) is 0 Å². The molecule has 2 aromatic rings. The first kappa shape index (κ1) is 25.0. The molecule has 0 aliphatic heterocycles. The summed E-state index contributed by atoms with van der Waals surface area (Å²) in [5.74, 6) is 1.25. The molecular formula is C23H20N2O5S2. The van der Waals surface area contributed by atoms with Crippen LogP contribution in [0.3, 0.4) is 0 Å². The number of nitriles is 1. The Morgan fingerprint density at radius 1 is 1.22 bits per heavy atom. The van der Waals surface area contributed by atoms with Gasteiger partial charge in [-0.2, -0.15) is 5.26 Å². The maximum Gasteiger partial charge on any atom is 0.382 e. The molecule has 0 heterocycles. The first-order valence-electron chi connectivity index (χ1n) is 9.45. The highest BCUT2D eigenvalue weighted by atomic mass is 32.2. The van der Waals surface area contributed by atoms with Crippen molar-refractivity contribution in [2.24, 2.45) is 0 Å². The third kappa shape index (κ3) is 7.47. The largest absolute Gasteiger partial charge is 0.456 e. The van der Waals surface area contributed by atoms with E-state index in [0.717, 1.165) is 11.8 Å². The van der Waals surface area contributed by atoms with E-state index in [4.69, 9.17) is 28.1 Å². The Morgan fingerprint density at radius 3 is 2.41 bits per heavy atom. The molecule has 7 nitrogen and oxygen atoms in total. The lowest BCUT2D eigenvalue weighted by atomic mass is 10.0. The normalized spacial score (nSPS) is 13.1. The van der Waals surface area contributed by atoms with E-state index < -0.39 is 28.1 Å². The van der Waals surface area contributed by atoms with Crippen molar-refractivity contribution in [2.45, 2.75) is 23.8 Å². The quantitative estimate of drug-likeness (QED) is 0.123. The number of rotatable bonds is 11. The minimum Gasteiger partial charge on any atom is -0.456 e. The Hall–Kier alpha value is -3.24. The fourth-order valence-corrected chi connectivity index (χ4v) is 4.35. The van der Waals surface area contributed by atoms with Crippen LogP contribution in [0.4, 0.5) is 0 Å². The van der Waals surface area contributed by atoms with Gasteiger partial charge in [0.15, 0.2) is 0 Å². The van der Waals surface area contributed by atoms with Gasteiger partial charge in [-0.05, 0) is 11.1 Å². The molecule has 0 aliphatic carbocycles. The molecule has 2 rings (SSSR count). The van der Waals surface area contributed by atoms with Crippen LogP contribution in [-0.4, -0.2) is 39.1 Å². The van der Waals surface area contributed by atoms with Gasteiger partial charge in [0.05, 0.1) is 23.3 Å². The van der Waals surface area contributed by atoms with Gasteiger partial charge in [-0.1, -0.05) is 90.6 Å². The average Bonchev–Trinajstić information content (AvgIpc) is 2.82. The number of hydrogen-bond donors (Lipinski definition) is 0. The van der Waals surface area contributed by atoms with Crippen LogP contribution in [0.15, 0.2) is 60.7 Å². The van der Waals surface area contributed by atoms with Crippen LogP contribution >= 0.6 is 24.0 Å². The number of esters is 1.